The molecule has 94 valence electrons. The summed E-state index contributed by atoms with van der Waals surface area (Å²) in [6.45, 7) is 3.28. The highest BCUT2D eigenvalue weighted by atomic mass is 15.0. The summed E-state index contributed by atoms with van der Waals surface area (Å²) in [4.78, 5) is 8.69. The Kier molecular flexibility index (Phi) is 4.92. The molecule has 1 aromatic heterocycles. The summed E-state index contributed by atoms with van der Waals surface area (Å²) in [5.41, 5.74) is 1.12. The summed E-state index contributed by atoms with van der Waals surface area (Å²) in [6.07, 6.45) is 13.4. The number of nitrogens with zero attached hydrogens (tertiary/aromatic N) is 2. The maximum absolute atomic E-state index is 4.48. The van der Waals surface area contributed by atoms with E-state index in [-0.39, 0.29) is 0 Å². The molecule has 3 nitrogen and oxygen atoms in total. The second kappa shape index (κ2) is 6.70. The van der Waals surface area contributed by atoms with Gasteiger partial charge in [-0.05, 0) is 31.7 Å². The van der Waals surface area contributed by atoms with Gasteiger partial charge in [0.15, 0.2) is 0 Å². The average Bonchev–Trinajstić information content (AvgIpc) is 2.42. The molecule has 1 fully saturated rings. The van der Waals surface area contributed by atoms with E-state index in [0.717, 1.165) is 18.2 Å². The van der Waals surface area contributed by atoms with E-state index in [1.165, 1.54) is 38.5 Å². The zero-order valence-corrected chi connectivity index (χ0v) is 10.7. The van der Waals surface area contributed by atoms with Gasteiger partial charge in [-0.25, -0.2) is 0 Å². The second-order valence-electron chi connectivity index (χ2n) is 4.96. The van der Waals surface area contributed by atoms with E-state index >= 15 is 0 Å². The lowest BCUT2D eigenvalue weighted by atomic mass is 9.82. The number of aromatic nitrogens is 2. The molecular formula is C14H23N3. The SMILES string of the molecule is CCCNC(c1cnccn1)C1CCCCC1. The largest absolute Gasteiger partial charge is 0.308 e. The standard InChI is InChI=1S/C14H23N3/c1-2-8-17-14(12-6-4-3-5-7-12)13-11-15-9-10-16-13/h9-12,14,17H,2-8H2,1H3. The fraction of sp³-hybridized carbons (Fsp3) is 0.714. The van der Waals surface area contributed by atoms with Crippen molar-refractivity contribution in [1.82, 2.24) is 15.3 Å². The van der Waals surface area contributed by atoms with Gasteiger partial charge >= 0.3 is 0 Å². The van der Waals surface area contributed by atoms with E-state index in [1.807, 2.05) is 6.20 Å². The van der Waals surface area contributed by atoms with Gasteiger partial charge in [0.1, 0.15) is 0 Å². The third kappa shape index (κ3) is 3.50. The summed E-state index contributed by atoms with van der Waals surface area (Å²) in [5.74, 6) is 0.743. The summed E-state index contributed by atoms with van der Waals surface area (Å²) in [7, 11) is 0. The van der Waals surface area contributed by atoms with Crippen LogP contribution in [0.3, 0.4) is 0 Å². The third-order valence-electron chi connectivity index (χ3n) is 3.64. The van der Waals surface area contributed by atoms with E-state index in [1.54, 1.807) is 12.4 Å². The van der Waals surface area contributed by atoms with Crippen LogP contribution in [0.25, 0.3) is 0 Å². The van der Waals surface area contributed by atoms with E-state index in [0.29, 0.717) is 6.04 Å². The Morgan fingerprint density at radius 3 is 2.76 bits per heavy atom. The van der Waals surface area contributed by atoms with Gasteiger partial charge in [-0.15, -0.1) is 0 Å². The summed E-state index contributed by atoms with van der Waals surface area (Å²) in [6, 6.07) is 0.406. The lowest BCUT2D eigenvalue weighted by Crippen LogP contribution is -2.31. The lowest BCUT2D eigenvalue weighted by molar-refractivity contribution is 0.267. The van der Waals surface area contributed by atoms with Crippen LogP contribution >= 0.6 is 0 Å². The topological polar surface area (TPSA) is 37.8 Å². The fourth-order valence-electron chi connectivity index (χ4n) is 2.75. The number of rotatable bonds is 5. The fourth-order valence-corrected chi connectivity index (χ4v) is 2.75. The van der Waals surface area contributed by atoms with Crippen molar-refractivity contribution in [3.63, 3.8) is 0 Å². The molecule has 0 spiro atoms. The first-order valence-corrected chi connectivity index (χ1v) is 6.91. The number of hydrogen-bond acceptors (Lipinski definition) is 3. The molecular weight excluding hydrogens is 210 g/mol. The van der Waals surface area contributed by atoms with Crippen LogP contribution < -0.4 is 5.32 Å². The van der Waals surface area contributed by atoms with Gasteiger partial charge in [0.25, 0.3) is 0 Å². The van der Waals surface area contributed by atoms with Crippen LogP contribution in [0.2, 0.25) is 0 Å². The summed E-state index contributed by atoms with van der Waals surface area (Å²) >= 11 is 0. The van der Waals surface area contributed by atoms with Crippen molar-refractivity contribution in [1.29, 1.82) is 0 Å². The molecule has 1 aromatic rings. The summed E-state index contributed by atoms with van der Waals surface area (Å²) in [5, 5.41) is 3.65. The molecule has 1 heterocycles. The molecule has 0 saturated heterocycles. The smallest absolute Gasteiger partial charge is 0.0758 e. The molecule has 1 saturated carbocycles. The van der Waals surface area contributed by atoms with Crippen molar-refractivity contribution in [2.45, 2.75) is 51.5 Å². The molecule has 0 radical (unpaired) electrons. The van der Waals surface area contributed by atoms with E-state index in [2.05, 4.69) is 22.2 Å². The van der Waals surface area contributed by atoms with Gasteiger partial charge in [-0.2, -0.15) is 0 Å². The van der Waals surface area contributed by atoms with Crippen LogP contribution in [-0.4, -0.2) is 16.5 Å². The van der Waals surface area contributed by atoms with Crippen LogP contribution in [0.15, 0.2) is 18.6 Å². The first kappa shape index (κ1) is 12.5. The molecule has 0 amide bonds. The van der Waals surface area contributed by atoms with Gasteiger partial charge in [0.05, 0.1) is 11.7 Å². The van der Waals surface area contributed by atoms with Crippen molar-refractivity contribution in [2.24, 2.45) is 5.92 Å². The van der Waals surface area contributed by atoms with Gasteiger partial charge in [-0.1, -0.05) is 26.2 Å². The van der Waals surface area contributed by atoms with Crippen LogP contribution in [0.1, 0.15) is 57.2 Å². The molecule has 1 N–H and O–H groups in total. The predicted molar refractivity (Wildman–Crippen MR) is 69.6 cm³/mol. The monoisotopic (exact) mass is 233 g/mol. The van der Waals surface area contributed by atoms with Gasteiger partial charge in [0.2, 0.25) is 0 Å². The molecule has 1 aliphatic rings. The lowest BCUT2D eigenvalue weighted by Gasteiger charge is -2.30. The van der Waals surface area contributed by atoms with Crippen LogP contribution in [-0.2, 0) is 0 Å². The van der Waals surface area contributed by atoms with Crippen molar-refractivity contribution in [2.75, 3.05) is 6.54 Å². The van der Waals surface area contributed by atoms with Crippen molar-refractivity contribution < 1.29 is 0 Å². The number of hydrogen-bond donors (Lipinski definition) is 1. The molecule has 1 atom stereocenters. The van der Waals surface area contributed by atoms with Crippen molar-refractivity contribution in [3.05, 3.63) is 24.3 Å². The van der Waals surface area contributed by atoms with Gasteiger partial charge in [0, 0.05) is 18.6 Å². The van der Waals surface area contributed by atoms with Crippen LogP contribution in [0.4, 0.5) is 0 Å². The average molecular weight is 233 g/mol. The molecule has 2 rings (SSSR count). The molecule has 17 heavy (non-hydrogen) atoms. The normalized spacial score (nSPS) is 19.1. The zero-order chi connectivity index (χ0) is 11.9. The Balaban J connectivity index is 2.06. The summed E-state index contributed by atoms with van der Waals surface area (Å²) < 4.78 is 0. The first-order valence-electron chi connectivity index (χ1n) is 6.91. The molecule has 0 aromatic carbocycles. The van der Waals surface area contributed by atoms with Crippen molar-refractivity contribution >= 4 is 0 Å². The molecule has 1 unspecified atom stereocenters. The Labute approximate surface area is 104 Å². The third-order valence-corrected chi connectivity index (χ3v) is 3.64. The second-order valence-corrected chi connectivity index (χ2v) is 4.96. The van der Waals surface area contributed by atoms with Gasteiger partial charge < -0.3 is 5.32 Å². The maximum atomic E-state index is 4.48. The highest BCUT2D eigenvalue weighted by molar-refractivity contribution is 5.04. The van der Waals surface area contributed by atoms with Crippen LogP contribution in [0, 0.1) is 5.92 Å². The Hall–Kier alpha value is -0.960. The zero-order valence-electron chi connectivity index (χ0n) is 10.7. The first-order chi connectivity index (χ1) is 8.42. The van der Waals surface area contributed by atoms with Crippen LogP contribution in [0.5, 0.6) is 0 Å². The van der Waals surface area contributed by atoms with E-state index in [9.17, 15) is 0 Å². The number of nitrogens with one attached hydrogen (secondary N) is 1. The minimum Gasteiger partial charge on any atom is -0.308 e. The highest BCUT2D eigenvalue weighted by Crippen LogP contribution is 2.33. The predicted octanol–water partition coefficient (Wildman–Crippen LogP) is 3.10. The Morgan fingerprint density at radius 2 is 2.12 bits per heavy atom. The molecule has 1 aliphatic carbocycles. The molecule has 0 bridgehead atoms. The van der Waals surface area contributed by atoms with Gasteiger partial charge in [-0.3, -0.25) is 9.97 Å². The Bertz CT molecular complexity index is 307. The minimum atomic E-state index is 0.406. The molecule has 3 heteroatoms. The maximum Gasteiger partial charge on any atom is 0.0758 e. The van der Waals surface area contributed by atoms with E-state index < -0.39 is 0 Å². The quantitative estimate of drug-likeness (QED) is 0.849. The van der Waals surface area contributed by atoms with E-state index in [4.69, 9.17) is 0 Å². The minimum absolute atomic E-state index is 0.406. The molecule has 0 aliphatic heterocycles. The Morgan fingerprint density at radius 1 is 1.29 bits per heavy atom. The van der Waals surface area contributed by atoms with Crippen molar-refractivity contribution in [3.8, 4) is 0 Å². The highest BCUT2D eigenvalue weighted by Gasteiger charge is 2.25.